The smallest absolute Gasteiger partial charge is 0.410 e. The predicted molar refractivity (Wildman–Crippen MR) is 75.3 cm³/mol. The van der Waals surface area contributed by atoms with Crippen molar-refractivity contribution in [3.05, 3.63) is 30.3 Å². The van der Waals surface area contributed by atoms with Crippen LogP contribution in [0.5, 0.6) is 5.75 Å². The second-order valence-electron chi connectivity index (χ2n) is 4.98. The molecule has 2 rings (SSSR count). The number of benzene rings is 1. The van der Waals surface area contributed by atoms with Crippen LogP contribution < -0.4 is 10.1 Å². The summed E-state index contributed by atoms with van der Waals surface area (Å²) in [5, 5.41) is 3.34. The SMILES string of the molecule is CCC1CN(C(=O)Oc2ccccc2)CCC1NC. The van der Waals surface area contributed by atoms with Gasteiger partial charge in [0.25, 0.3) is 0 Å². The van der Waals surface area contributed by atoms with Crippen LogP contribution in [0.1, 0.15) is 19.8 Å². The first-order valence-electron chi connectivity index (χ1n) is 6.93. The van der Waals surface area contributed by atoms with E-state index in [0.29, 0.717) is 17.7 Å². The van der Waals surface area contributed by atoms with E-state index in [0.717, 1.165) is 25.9 Å². The van der Waals surface area contributed by atoms with Crippen LogP contribution in [0.4, 0.5) is 4.79 Å². The highest BCUT2D eigenvalue weighted by Gasteiger charge is 2.30. The van der Waals surface area contributed by atoms with E-state index in [1.807, 2.05) is 30.1 Å². The van der Waals surface area contributed by atoms with Gasteiger partial charge in [-0.05, 0) is 31.5 Å². The molecular formula is C15H22N2O2. The first-order chi connectivity index (χ1) is 9.24. The molecular weight excluding hydrogens is 240 g/mol. The zero-order valence-corrected chi connectivity index (χ0v) is 11.6. The number of amides is 1. The van der Waals surface area contributed by atoms with Gasteiger partial charge in [-0.3, -0.25) is 0 Å². The fourth-order valence-electron chi connectivity index (χ4n) is 2.65. The molecule has 4 heteroatoms. The van der Waals surface area contributed by atoms with Gasteiger partial charge < -0.3 is 15.0 Å². The number of para-hydroxylation sites is 1. The minimum atomic E-state index is -0.237. The van der Waals surface area contributed by atoms with Crippen LogP contribution >= 0.6 is 0 Å². The molecule has 0 aromatic heterocycles. The molecule has 1 N–H and O–H groups in total. The maximum atomic E-state index is 12.1. The summed E-state index contributed by atoms with van der Waals surface area (Å²) in [6, 6.07) is 9.74. The lowest BCUT2D eigenvalue weighted by molar-refractivity contribution is 0.112. The molecule has 104 valence electrons. The minimum Gasteiger partial charge on any atom is -0.410 e. The number of carbonyl (C=O) groups is 1. The Hall–Kier alpha value is -1.55. The lowest BCUT2D eigenvalue weighted by atomic mass is 9.90. The Bertz CT molecular complexity index is 408. The van der Waals surface area contributed by atoms with Crippen molar-refractivity contribution in [1.29, 1.82) is 0 Å². The standard InChI is InChI=1S/C15H22N2O2/c1-3-12-11-17(10-9-14(12)16-2)15(18)19-13-7-5-4-6-8-13/h4-8,12,14,16H,3,9-11H2,1-2H3. The molecule has 2 atom stereocenters. The van der Waals surface area contributed by atoms with Crippen molar-refractivity contribution in [3.63, 3.8) is 0 Å². The van der Waals surface area contributed by atoms with Crippen LogP contribution in [0, 0.1) is 5.92 Å². The number of rotatable bonds is 3. The van der Waals surface area contributed by atoms with Gasteiger partial charge in [0.2, 0.25) is 0 Å². The summed E-state index contributed by atoms with van der Waals surface area (Å²) >= 11 is 0. The second kappa shape index (κ2) is 6.57. The summed E-state index contributed by atoms with van der Waals surface area (Å²) in [7, 11) is 1.99. The topological polar surface area (TPSA) is 41.6 Å². The van der Waals surface area contributed by atoms with Crippen LogP contribution in [0.15, 0.2) is 30.3 Å². The van der Waals surface area contributed by atoms with Crippen molar-refractivity contribution >= 4 is 6.09 Å². The fraction of sp³-hybridized carbons (Fsp3) is 0.533. The average Bonchev–Trinajstić information content (AvgIpc) is 2.47. The zero-order valence-electron chi connectivity index (χ0n) is 11.6. The summed E-state index contributed by atoms with van der Waals surface area (Å²) < 4.78 is 5.38. The van der Waals surface area contributed by atoms with Crippen LogP contribution in [0.25, 0.3) is 0 Å². The third-order valence-corrected chi connectivity index (χ3v) is 3.84. The number of likely N-dealkylation sites (tertiary alicyclic amines) is 1. The molecule has 0 bridgehead atoms. The maximum Gasteiger partial charge on any atom is 0.415 e. The van der Waals surface area contributed by atoms with E-state index < -0.39 is 0 Å². The van der Waals surface area contributed by atoms with Crippen molar-refractivity contribution < 1.29 is 9.53 Å². The number of nitrogens with one attached hydrogen (secondary N) is 1. The Kier molecular flexibility index (Phi) is 4.80. The Morgan fingerprint density at radius 2 is 2.16 bits per heavy atom. The van der Waals surface area contributed by atoms with Crippen LogP contribution in [-0.4, -0.2) is 37.2 Å². The molecule has 1 aromatic carbocycles. The number of nitrogens with zero attached hydrogens (tertiary/aromatic N) is 1. The zero-order chi connectivity index (χ0) is 13.7. The van der Waals surface area contributed by atoms with E-state index >= 15 is 0 Å². The van der Waals surface area contributed by atoms with Crippen molar-refractivity contribution in [2.75, 3.05) is 20.1 Å². The van der Waals surface area contributed by atoms with Gasteiger partial charge in [0.1, 0.15) is 5.75 Å². The number of hydrogen-bond acceptors (Lipinski definition) is 3. The van der Waals surface area contributed by atoms with E-state index in [-0.39, 0.29) is 6.09 Å². The van der Waals surface area contributed by atoms with E-state index in [1.165, 1.54) is 0 Å². The van der Waals surface area contributed by atoms with Gasteiger partial charge in [-0.25, -0.2) is 4.79 Å². The lowest BCUT2D eigenvalue weighted by Crippen LogP contribution is -2.50. The van der Waals surface area contributed by atoms with Gasteiger partial charge in [-0.15, -0.1) is 0 Å². The van der Waals surface area contributed by atoms with E-state index in [9.17, 15) is 4.79 Å². The summed E-state index contributed by atoms with van der Waals surface area (Å²) in [5.41, 5.74) is 0. The van der Waals surface area contributed by atoms with Crippen molar-refractivity contribution in [2.45, 2.75) is 25.8 Å². The Morgan fingerprint density at radius 3 is 2.79 bits per heavy atom. The van der Waals surface area contributed by atoms with Gasteiger partial charge in [-0.2, -0.15) is 0 Å². The fourth-order valence-corrected chi connectivity index (χ4v) is 2.65. The van der Waals surface area contributed by atoms with Crippen molar-refractivity contribution in [2.24, 2.45) is 5.92 Å². The maximum absolute atomic E-state index is 12.1. The van der Waals surface area contributed by atoms with E-state index in [1.54, 1.807) is 12.1 Å². The highest BCUT2D eigenvalue weighted by molar-refractivity contribution is 5.70. The Labute approximate surface area is 114 Å². The first-order valence-corrected chi connectivity index (χ1v) is 6.93. The molecule has 0 saturated carbocycles. The molecule has 2 unspecified atom stereocenters. The Morgan fingerprint density at radius 1 is 1.42 bits per heavy atom. The molecule has 0 radical (unpaired) electrons. The largest absolute Gasteiger partial charge is 0.415 e. The van der Waals surface area contributed by atoms with E-state index in [4.69, 9.17) is 4.74 Å². The third-order valence-electron chi connectivity index (χ3n) is 3.84. The second-order valence-corrected chi connectivity index (χ2v) is 4.98. The molecule has 1 aliphatic rings. The molecule has 4 nitrogen and oxygen atoms in total. The van der Waals surface area contributed by atoms with Gasteiger partial charge in [0, 0.05) is 19.1 Å². The summed E-state index contributed by atoms with van der Waals surface area (Å²) in [4.78, 5) is 13.9. The third kappa shape index (κ3) is 3.47. The molecule has 1 aliphatic heterocycles. The Balaban J connectivity index is 1.93. The molecule has 1 saturated heterocycles. The van der Waals surface area contributed by atoms with Crippen LogP contribution in [0.3, 0.4) is 0 Å². The minimum absolute atomic E-state index is 0.237. The van der Waals surface area contributed by atoms with Gasteiger partial charge >= 0.3 is 6.09 Å². The summed E-state index contributed by atoms with van der Waals surface area (Å²) in [6.45, 7) is 3.70. The monoisotopic (exact) mass is 262 g/mol. The van der Waals surface area contributed by atoms with Crippen LogP contribution in [0.2, 0.25) is 0 Å². The molecule has 1 amide bonds. The highest BCUT2D eigenvalue weighted by atomic mass is 16.6. The highest BCUT2D eigenvalue weighted by Crippen LogP contribution is 2.21. The normalized spacial score (nSPS) is 23.2. The quantitative estimate of drug-likeness (QED) is 0.910. The van der Waals surface area contributed by atoms with Crippen LogP contribution in [-0.2, 0) is 0 Å². The average molecular weight is 262 g/mol. The van der Waals surface area contributed by atoms with Gasteiger partial charge in [-0.1, -0.05) is 31.5 Å². The van der Waals surface area contributed by atoms with Gasteiger partial charge in [0.15, 0.2) is 0 Å². The number of piperidine rings is 1. The molecule has 1 fully saturated rings. The number of ether oxygens (including phenoxy) is 1. The van der Waals surface area contributed by atoms with Gasteiger partial charge in [0.05, 0.1) is 0 Å². The molecule has 1 heterocycles. The van der Waals surface area contributed by atoms with E-state index in [2.05, 4.69) is 12.2 Å². The number of hydrogen-bond donors (Lipinski definition) is 1. The summed E-state index contributed by atoms with van der Waals surface area (Å²) in [6.07, 6.45) is 1.82. The predicted octanol–water partition coefficient (Wildman–Crippen LogP) is 2.51. The van der Waals surface area contributed by atoms with Crippen molar-refractivity contribution in [3.8, 4) is 5.75 Å². The molecule has 0 spiro atoms. The molecule has 19 heavy (non-hydrogen) atoms. The van der Waals surface area contributed by atoms with Crippen molar-refractivity contribution in [1.82, 2.24) is 10.2 Å². The summed E-state index contributed by atoms with van der Waals surface area (Å²) in [5.74, 6) is 1.11. The lowest BCUT2D eigenvalue weighted by Gasteiger charge is -2.37. The molecule has 0 aliphatic carbocycles. The number of carbonyl (C=O) groups excluding carboxylic acids is 1. The molecule has 1 aromatic rings. The first kappa shape index (κ1) is 13.9.